The third-order valence-corrected chi connectivity index (χ3v) is 7.14. The lowest BCUT2D eigenvalue weighted by atomic mass is 9.79. The van der Waals surface area contributed by atoms with Crippen LogP contribution in [0.5, 0.6) is 0 Å². The summed E-state index contributed by atoms with van der Waals surface area (Å²) >= 11 is 0. The first-order valence-electron chi connectivity index (χ1n) is 14.8. The summed E-state index contributed by atoms with van der Waals surface area (Å²) in [5.41, 5.74) is -0.267. The van der Waals surface area contributed by atoms with E-state index in [-0.39, 0.29) is 11.4 Å². The minimum Gasteiger partial charge on any atom is -0.465 e. The van der Waals surface area contributed by atoms with Crippen molar-refractivity contribution in [2.75, 3.05) is 6.61 Å². The topological polar surface area (TPSA) is 26.3 Å². The maximum atomic E-state index is 12.9. The molecule has 0 heterocycles. The molecule has 0 rings (SSSR count). The largest absolute Gasteiger partial charge is 0.465 e. The van der Waals surface area contributed by atoms with Gasteiger partial charge < -0.3 is 4.74 Å². The number of carbonyl (C=O) groups excluding carboxylic acids is 1. The highest BCUT2D eigenvalue weighted by Gasteiger charge is 2.33. The standard InChI is InChI=1S/C30H60O2/c1-5-8-11-14-15-16-17-18-19-20-22-25-28-32-29(31)30(4,26-23-13-10-7-3)27-24-21-12-9-6-2/h5-28H2,1-4H3. The van der Waals surface area contributed by atoms with E-state index in [1.54, 1.807) is 0 Å². The second-order valence-corrected chi connectivity index (χ2v) is 10.6. The number of carbonyl (C=O) groups is 1. The predicted molar refractivity (Wildman–Crippen MR) is 142 cm³/mol. The van der Waals surface area contributed by atoms with Gasteiger partial charge in [0.1, 0.15) is 0 Å². The molecule has 0 aromatic rings. The molecule has 1 atom stereocenters. The van der Waals surface area contributed by atoms with Crippen molar-refractivity contribution in [2.45, 2.75) is 175 Å². The molecule has 0 saturated heterocycles. The fraction of sp³-hybridized carbons (Fsp3) is 0.967. The molecular formula is C30H60O2. The van der Waals surface area contributed by atoms with E-state index in [9.17, 15) is 4.79 Å². The third-order valence-electron chi connectivity index (χ3n) is 7.14. The van der Waals surface area contributed by atoms with E-state index in [1.807, 2.05) is 0 Å². The van der Waals surface area contributed by atoms with Crippen LogP contribution in [0, 0.1) is 5.41 Å². The predicted octanol–water partition coefficient (Wildman–Crippen LogP) is 10.6. The van der Waals surface area contributed by atoms with Crippen molar-refractivity contribution in [3.8, 4) is 0 Å². The Balaban J connectivity index is 3.93. The fourth-order valence-corrected chi connectivity index (χ4v) is 4.67. The minimum absolute atomic E-state index is 0.0764. The summed E-state index contributed by atoms with van der Waals surface area (Å²) in [6.45, 7) is 9.57. The molecular weight excluding hydrogens is 392 g/mol. The quantitative estimate of drug-likeness (QED) is 0.102. The maximum absolute atomic E-state index is 12.9. The molecule has 192 valence electrons. The van der Waals surface area contributed by atoms with E-state index in [1.165, 1.54) is 116 Å². The van der Waals surface area contributed by atoms with Crippen LogP contribution in [0.4, 0.5) is 0 Å². The number of rotatable bonds is 25. The Hall–Kier alpha value is -0.530. The zero-order valence-corrected chi connectivity index (χ0v) is 22.8. The summed E-state index contributed by atoms with van der Waals surface area (Å²) in [5, 5.41) is 0. The van der Waals surface area contributed by atoms with Crippen LogP contribution in [0.1, 0.15) is 175 Å². The Labute approximate surface area is 203 Å². The lowest BCUT2D eigenvalue weighted by Gasteiger charge is -2.27. The first kappa shape index (κ1) is 31.5. The van der Waals surface area contributed by atoms with Crippen LogP contribution in [-0.2, 0) is 9.53 Å². The van der Waals surface area contributed by atoms with E-state index in [2.05, 4.69) is 27.7 Å². The SMILES string of the molecule is CCCCCCCCCCCCCCOC(=O)C(C)(CCCCCC)CCCCCCC. The van der Waals surface area contributed by atoms with Gasteiger partial charge in [0, 0.05) is 0 Å². The minimum atomic E-state index is -0.267. The van der Waals surface area contributed by atoms with Crippen molar-refractivity contribution >= 4 is 5.97 Å². The highest BCUT2D eigenvalue weighted by Crippen LogP contribution is 2.33. The van der Waals surface area contributed by atoms with Crippen molar-refractivity contribution in [1.29, 1.82) is 0 Å². The molecule has 0 spiro atoms. The number of ether oxygens (including phenoxy) is 1. The first-order chi connectivity index (χ1) is 15.6. The van der Waals surface area contributed by atoms with Gasteiger partial charge in [0.25, 0.3) is 0 Å². The van der Waals surface area contributed by atoms with Gasteiger partial charge in [0.05, 0.1) is 12.0 Å². The van der Waals surface area contributed by atoms with Gasteiger partial charge >= 0.3 is 5.97 Å². The van der Waals surface area contributed by atoms with Crippen LogP contribution in [0.15, 0.2) is 0 Å². The van der Waals surface area contributed by atoms with Crippen LogP contribution in [0.3, 0.4) is 0 Å². The molecule has 2 heteroatoms. The van der Waals surface area contributed by atoms with E-state index in [4.69, 9.17) is 4.74 Å². The second kappa shape index (κ2) is 23.6. The van der Waals surface area contributed by atoms with Gasteiger partial charge in [-0.25, -0.2) is 0 Å². The average molecular weight is 453 g/mol. The summed E-state index contributed by atoms with van der Waals surface area (Å²) in [7, 11) is 0. The Morgan fingerprint density at radius 1 is 0.500 bits per heavy atom. The molecule has 0 aromatic carbocycles. The number of esters is 1. The highest BCUT2D eigenvalue weighted by molar-refractivity contribution is 5.76. The lowest BCUT2D eigenvalue weighted by Crippen LogP contribution is -2.30. The molecule has 0 aromatic heterocycles. The smallest absolute Gasteiger partial charge is 0.311 e. The van der Waals surface area contributed by atoms with Crippen molar-refractivity contribution in [2.24, 2.45) is 5.41 Å². The molecule has 0 bridgehead atoms. The van der Waals surface area contributed by atoms with Crippen LogP contribution in [0.2, 0.25) is 0 Å². The van der Waals surface area contributed by atoms with Gasteiger partial charge in [-0.2, -0.15) is 0 Å². The highest BCUT2D eigenvalue weighted by atomic mass is 16.5. The van der Waals surface area contributed by atoms with Crippen LogP contribution < -0.4 is 0 Å². The van der Waals surface area contributed by atoms with Gasteiger partial charge in [0.2, 0.25) is 0 Å². The molecule has 0 radical (unpaired) electrons. The maximum Gasteiger partial charge on any atom is 0.311 e. The van der Waals surface area contributed by atoms with E-state index in [0.717, 1.165) is 32.1 Å². The van der Waals surface area contributed by atoms with Gasteiger partial charge in [0.15, 0.2) is 0 Å². The van der Waals surface area contributed by atoms with E-state index in [0.29, 0.717) is 6.61 Å². The molecule has 0 saturated carbocycles. The fourth-order valence-electron chi connectivity index (χ4n) is 4.67. The Kier molecular flexibility index (Phi) is 23.2. The van der Waals surface area contributed by atoms with Gasteiger partial charge in [-0.3, -0.25) is 4.79 Å². The summed E-state index contributed by atoms with van der Waals surface area (Å²) in [6.07, 6.45) is 29.3. The molecule has 0 aliphatic carbocycles. The Bertz CT molecular complexity index is 392. The Morgan fingerprint density at radius 3 is 1.22 bits per heavy atom. The third kappa shape index (κ3) is 19.0. The molecule has 32 heavy (non-hydrogen) atoms. The van der Waals surface area contributed by atoms with E-state index >= 15 is 0 Å². The van der Waals surface area contributed by atoms with Crippen molar-refractivity contribution in [1.82, 2.24) is 0 Å². The van der Waals surface area contributed by atoms with Crippen LogP contribution >= 0.6 is 0 Å². The molecule has 0 N–H and O–H groups in total. The molecule has 0 fully saturated rings. The summed E-state index contributed by atoms with van der Waals surface area (Å²) in [5.74, 6) is 0.0764. The van der Waals surface area contributed by atoms with Crippen molar-refractivity contribution in [3.63, 3.8) is 0 Å². The number of unbranched alkanes of at least 4 members (excludes halogenated alkanes) is 18. The van der Waals surface area contributed by atoms with E-state index < -0.39 is 0 Å². The Morgan fingerprint density at radius 2 is 0.812 bits per heavy atom. The molecule has 2 nitrogen and oxygen atoms in total. The first-order valence-corrected chi connectivity index (χ1v) is 14.8. The van der Waals surface area contributed by atoms with Crippen LogP contribution in [0.25, 0.3) is 0 Å². The molecule has 1 unspecified atom stereocenters. The summed E-state index contributed by atoms with van der Waals surface area (Å²) < 4.78 is 5.80. The summed E-state index contributed by atoms with van der Waals surface area (Å²) in [6, 6.07) is 0. The molecule has 0 amide bonds. The van der Waals surface area contributed by atoms with Gasteiger partial charge in [-0.1, -0.05) is 149 Å². The molecule has 0 aliphatic heterocycles. The van der Waals surface area contributed by atoms with Gasteiger partial charge in [-0.15, -0.1) is 0 Å². The van der Waals surface area contributed by atoms with Crippen molar-refractivity contribution < 1.29 is 9.53 Å². The average Bonchev–Trinajstić information content (AvgIpc) is 2.79. The number of hydrogen-bond donors (Lipinski definition) is 0. The van der Waals surface area contributed by atoms with Crippen molar-refractivity contribution in [3.05, 3.63) is 0 Å². The zero-order chi connectivity index (χ0) is 23.8. The zero-order valence-electron chi connectivity index (χ0n) is 22.8. The van der Waals surface area contributed by atoms with Gasteiger partial charge in [-0.05, 0) is 26.2 Å². The lowest BCUT2D eigenvalue weighted by molar-refractivity contribution is -0.156. The number of hydrogen-bond acceptors (Lipinski definition) is 2. The normalized spacial score (nSPS) is 13.2. The monoisotopic (exact) mass is 452 g/mol. The molecule has 0 aliphatic rings. The van der Waals surface area contributed by atoms with Crippen LogP contribution in [-0.4, -0.2) is 12.6 Å². The summed E-state index contributed by atoms with van der Waals surface area (Å²) in [4.78, 5) is 12.9. The second-order valence-electron chi connectivity index (χ2n) is 10.6.